The van der Waals surface area contributed by atoms with Gasteiger partial charge in [0, 0.05) is 35.9 Å². The molecule has 3 heteroatoms. The Bertz CT molecular complexity index is 769. The summed E-state index contributed by atoms with van der Waals surface area (Å²) in [6, 6.07) is 22.8. The Morgan fingerprint density at radius 1 is 0.909 bits per heavy atom. The van der Waals surface area contributed by atoms with E-state index in [2.05, 4.69) is 51.6 Å². The molecule has 1 N–H and O–H groups in total. The van der Waals surface area contributed by atoms with Gasteiger partial charge in [-0.1, -0.05) is 36.4 Å². The van der Waals surface area contributed by atoms with Gasteiger partial charge in [-0.3, -0.25) is 0 Å². The van der Waals surface area contributed by atoms with Crippen molar-refractivity contribution in [1.82, 2.24) is 4.98 Å². The van der Waals surface area contributed by atoms with Gasteiger partial charge in [0.05, 0.1) is 0 Å². The van der Waals surface area contributed by atoms with Crippen LogP contribution in [0.15, 0.2) is 72.9 Å². The molecule has 0 unspecified atom stereocenters. The van der Waals surface area contributed by atoms with Gasteiger partial charge in [-0.05, 0) is 36.2 Å². The molecule has 0 radical (unpaired) electrons. The van der Waals surface area contributed by atoms with Crippen LogP contribution in [0.2, 0.25) is 0 Å². The zero-order valence-electron chi connectivity index (χ0n) is 12.2. The van der Waals surface area contributed by atoms with E-state index in [0.717, 1.165) is 24.5 Å². The van der Waals surface area contributed by atoms with Crippen molar-refractivity contribution in [1.29, 1.82) is 0 Å². The lowest BCUT2D eigenvalue weighted by atomic mass is 10.2. The number of para-hydroxylation sites is 2. The Kier molecular flexibility index (Phi) is 3.24. The van der Waals surface area contributed by atoms with E-state index in [0.29, 0.717) is 0 Å². The summed E-state index contributed by atoms with van der Waals surface area (Å²) < 4.78 is 0. The van der Waals surface area contributed by atoms with Crippen molar-refractivity contribution in [2.24, 2.45) is 0 Å². The molecule has 0 spiro atoms. The SMILES string of the molecule is c1ccc(Nc2cc3c(cn2)CCN3c2ccccc2)cc1. The second-order valence-corrected chi connectivity index (χ2v) is 5.43. The van der Waals surface area contributed by atoms with E-state index in [1.165, 1.54) is 16.9 Å². The number of nitrogens with zero attached hydrogens (tertiary/aromatic N) is 2. The number of fused-ring (bicyclic) bond motifs is 1. The predicted octanol–water partition coefficient (Wildman–Crippen LogP) is 4.52. The molecule has 1 aliphatic rings. The largest absolute Gasteiger partial charge is 0.341 e. The third-order valence-electron chi connectivity index (χ3n) is 3.97. The summed E-state index contributed by atoms with van der Waals surface area (Å²) in [5.74, 6) is 0.882. The van der Waals surface area contributed by atoms with E-state index in [4.69, 9.17) is 0 Å². The van der Waals surface area contributed by atoms with E-state index in [9.17, 15) is 0 Å². The fourth-order valence-corrected chi connectivity index (χ4v) is 2.88. The van der Waals surface area contributed by atoms with Crippen molar-refractivity contribution in [3.05, 3.63) is 78.5 Å². The second kappa shape index (κ2) is 5.53. The van der Waals surface area contributed by atoms with Gasteiger partial charge in [-0.2, -0.15) is 0 Å². The smallest absolute Gasteiger partial charge is 0.132 e. The van der Waals surface area contributed by atoms with Crippen molar-refractivity contribution in [3.63, 3.8) is 0 Å². The molecule has 0 saturated heterocycles. The summed E-state index contributed by atoms with van der Waals surface area (Å²) in [6.45, 7) is 1.01. The van der Waals surface area contributed by atoms with Gasteiger partial charge in [0.15, 0.2) is 0 Å². The monoisotopic (exact) mass is 287 g/mol. The standard InChI is InChI=1S/C19H17N3/c1-3-7-16(8-4-1)21-19-13-18-15(14-20-19)11-12-22(18)17-9-5-2-6-10-17/h1-10,13-14H,11-12H2,(H,20,21). The van der Waals surface area contributed by atoms with Crippen molar-refractivity contribution in [3.8, 4) is 0 Å². The predicted molar refractivity (Wildman–Crippen MR) is 91.1 cm³/mol. The molecule has 1 aliphatic heterocycles. The molecule has 0 bridgehead atoms. The highest BCUT2D eigenvalue weighted by Crippen LogP contribution is 2.35. The molecule has 0 atom stereocenters. The van der Waals surface area contributed by atoms with E-state index < -0.39 is 0 Å². The van der Waals surface area contributed by atoms with Gasteiger partial charge in [-0.15, -0.1) is 0 Å². The van der Waals surface area contributed by atoms with Crippen LogP contribution in [0.1, 0.15) is 5.56 Å². The summed E-state index contributed by atoms with van der Waals surface area (Å²) in [6.07, 6.45) is 3.03. The maximum atomic E-state index is 4.54. The third kappa shape index (κ3) is 2.42. The molecule has 2 aromatic carbocycles. The maximum Gasteiger partial charge on any atom is 0.132 e. The van der Waals surface area contributed by atoms with Crippen molar-refractivity contribution >= 4 is 22.9 Å². The number of benzene rings is 2. The average Bonchev–Trinajstić information content (AvgIpc) is 3.00. The average molecular weight is 287 g/mol. The first-order chi connectivity index (χ1) is 10.9. The van der Waals surface area contributed by atoms with Crippen LogP contribution in [0.3, 0.4) is 0 Å². The molecule has 2 heterocycles. The molecule has 0 aliphatic carbocycles. The van der Waals surface area contributed by atoms with Crippen LogP contribution in [-0.4, -0.2) is 11.5 Å². The number of hydrogen-bond acceptors (Lipinski definition) is 3. The highest BCUT2D eigenvalue weighted by molar-refractivity contribution is 5.73. The number of nitrogens with one attached hydrogen (secondary N) is 1. The van der Waals surface area contributed by atoms with Gasteiger partial charge in [0.25, 0.3) is 0 Å². The highest BCUT2D eigenvalue weighted by atomic mass is 15.2. The van der Waals surface area contributed by atoms with Crippen LogP contribution in [-0.2, 0) is 6.42 Å². The summed E-state index contributed by atoms with van der Waals surface area (Å²) in [7, 11) is 0. The maximum absolute atomic E-state index is 4.54. The summed E-state index contributed by atoms with van der Waals surface area (Å²) in [5.41, 5.74) is 4.85. The number of aromatic nitrogens is 1. The third-order valence-corrected chi connectivity index (χ3v) is 3.97. The van der Waals surface area contributed by atoms with Crippen LogP contribution in [0.4, 0.5) is 22.9 Å². The molecule has 0 fully saturated rings. The Balaban J connectivity index is 1.66. The molecule has 1 aromatic heterocycles. The number of hydrogen-bond donors (Lipinski definition) is 1. The molecule has 3 aromatic rings. The van der Waals surface area contributed by atoms with Gasteiger partial charge < -0.3 is 10.2 Å². The minimum Gasteiger partial charge on any atom is -0.341 e. The quantitative estimate of drug-likeness (QED) is 0.767. The molecular formula is C19H17N3. The second-order valence-electron chi connectivity index (χ2n) is 5.43. The summed E-state index contributed by atoms with van der Waals surface area (Å²) >= 11 is 0. The lowest BCUT2D eigenvalue weighted by molar-refractivity contribution is 0.996. The highest BCUT2D eigenvalue weighted by Gasteiger charge is 2.21. The minimum atomic E-state index is 0.882. The van der Waals surface area contributed by atoms with Gasteiger partial charge >= 0.3 is 0 Å². The Hall–Kier alpha value is -2.81. The molecular weight excluding hydrogens is 270 g/mol. The van der Waals surface area contributed by atoms with Crippen LogP contribution in [0.5, 0.6) is 0 Å². The van der Waals surface area contributed by atoms with E-state index in [1.54, 1.807) is 0 Å². The van der Waals surface area contributed by atoms with Gasteiger partial charge in [0.2, 0.25) is 0 Å². The van der Waals surface area contributed by atoms with Crippen molar-refractivity contribution < 1.29 is 0 Å². The molecule has 22 heavy (non-hydrogen) atoms. The number of rotatable bonds is 3. The van der Waals surface area contributed by atoms with Gasteiger partial charge in [-0.25, -0.2) is 4.98 Å². The molecule has 3 nitrogen and oxygen atoms in total. The van der Waals surface area contributed by atoms with Gasteiger partial charge in [0.1, 0.15) is 5.82 Å². The fourth-order valence-electron chi connectivity index (χ4n) is 2.88. The van der Waals surface area contributed by atoms with E-state index >= 15 is 0 Å². The molecule has 0 amide bonds. The van der Waals surface area contributed by atoms with E-state index in [-0.39, 0.29) is 0 Å². The lowest BCUT2D eigenvalue weighted by Gasteiger charge is -2.20. The van der Waals surface area contributed by atoms with Crippen molar-refractivity contribution in [2.75, 3.05) is 16.8 Å². The first-order valence-electron chi connectivity index (χ1n) is 7.54. The van der Waals surface area contributed by atoms with Crippen LogP contribution < -0.4 is 10.2 Å². The van der Waals surface area contributed by atoms with Crippen molar-refractivity contribution in [2.45, 2.75) is 6.42 Å². The lowest BCUT2D eigenvalue weighted by Crippen LogP contribution is -2.13. The summed E-state index contributed by atoms with van der Waals surface area (Å²) in [4.78, 5) is 6.89. The first-order valence-corrected chi connectivity index (χ1v) is 7.54. The Labute approximate surface area is 130 Å². The molecule has 108 valence electrons. The fraction of sp³-hybridized carbons (Fsp3) is 0.105. The zero-order valence-corrected chi connectivity index (χ0v) is 12.2. The molecule has 4 rings (SSSR count). The Morgan fingerprint density at radius 2 is 1.64 bits per heavy atom. The first kappa shape index (κ1) is 12.9. The Morgan fingerprint density at radius 3 is 2.41 bits per heavy atom. The van der Waals surface area contributed by atoms with Crippen LogP contribution >= 0.6 is 0 Å². The number of pyridine rings is 1. The topological polar surface area (TPSA) is 28.2 Å². The minimum absolute atomic E-state index is 0.882. The summed E-state index contributed by atoms with van der Waals surface area (Å²) in [5, 5.41) is 3.37. The molecule has 0 saturated carbocycles. The van der Waals surface area contributed by atoms with Crippen LogP contribution in [0, 0.1) is 0 Å². The van der Waals surface area contributed by atoms with E-state index in [1.807, 2.05) is 36.5 Å². The number of anilines is 4. The van der Waals surface area contributed by atoms with Crippen LogP contribution in [0.25, 0.3) is 0 Å². The zero-order chi connectivity index (χ0) is 14.8. The normalized spacial score (nSPS) is 13.0.